The third kappa shape index (κ3) is 8.02. The lowest BCUT2D eigenvalue weighted by Crippen LogP contribution is -2.22. The molecule has 0 bridgehead atoms. The number of amides is 1. The molecule has 1 saturated heterocycles. The highest BCUT2D eigenvalue weighted by atomic mass is 33.1. The Bertz CT molecular complexity index is 642. The van der Waals surface area contributed by atoms with Gasteiger partial charge in [0.15, 0.2) is 0 Å². The number of nitrogens with one attached hydrogen (secondary N) is 2. The molecular formula is C17H26N2O3S3. The molecule has 0 saturated carbocycles. The molecule has 0 aromatic heterocycles. The van der Waals surface area contributed by atoms with Crippen molar-refractivity contribution in [3.8, 4) is 0 Å². The second-order valence-corrected chi connectivity index (χ2v) is 10.8. The summed E-state index contributed by atoms with van der Waals surface area (Å²) in [5.74, 6) is 1.30. The summed E-state index contributed by atoms with van der Waals surface area (Å²) in [5, 5.41) is 3.70. The lowest BCUT2D eigenvalue weighted by Gasteiger charge is -2.08. The van der Waals surface area contributed by atoms with Gasteiger partial charge in [-0.15, -0.1) is 0 Å². The molecule has 1 aromatic carbocycles. The molecule has 0 aliphatic carbocycles. The van der Waals surface area contributed by atoms with Crippen molar-refractivity contribution < 1.29 is 13.2 Å². The summed E-state index contributed by atoms with van der Waals surface area (Å²) in [7, 11) is 2.10. The number of sulfonamides is 1. The summed E-state index contributed by atoms with van der Waals surface area (Å²) in [4.78, 5) is 11.9. The van der Waals surface area contributed by atoms with E-state index >= 15 is 0 Å². The molecule has 2 rings (SSSR count). The topological polar surface area (TPSA) is 75.3 Å². The van der Waals surface area contributed by atoms with Crippen molar-refractivity contribution in [3.63, 3.8) is 0 Å². The van der Waals surface area contributed by atoms with Gasteiger partial charge in [0.1, 0.15) is 0 Å². The van der Waals surface area contributed by atoms with Crippen molar-refractivity contribution >= 4 is 37.5 Å². The Balaban J connectivity index is 1.63. The number of rotatable bonds is 10. The van der Waals surface area contributed by atoms with Gasteiger partial charge in [0, 0.05) is 24.0 Å². The van der Waals surface area contributed by atoms with Gasteiger partial charge in [-0.2, -0.15) is 0 Å². The molecule has 1 unspecified atom stereocenters. The summed E-state index contributed by atoms with van der Waals surface area (Å²) in [5.41, 5.74) is 1.70. The maximum absolute atomic E-state index is 11.9. The predicted octanol–water partition coefficient (Wildman–Crippen LogP) is 3.07. The van der Waals surface area contributed by atoms with Gasteiger partial charge in [0.2, 0.25) is 15.9 Å². The normalized spacial score (nSPS) is 17.6. The third-order valence-electron chi connectivity index (χ3n) is 4.09. The number of benzene rings is 1. The standard InChI is InChI=1S/C17H26N2O3S3/c1-18-25(21,22)13-15-8-6-14(7-9-15)12-19-17(20)5-3-2-4-16-10-11-23-24-16/h6-9,16,18H,2-5,10-13H2,1H3,(H,19,20). The Morgan fingerprint density at radius 2 is 1.92 bits per heavy atom. The van der Waals surface area contributed by atoms with Crippen LogP contribution in [0.25, 0.3) is 0 Å². The van der Waals surface area contributed by atoms with E-state index in [9.17, 15) is 13.2 Å². The molecule has 5 nitrogen and oxygen atoms in total. The summed E-state index contributed by atoms with van der Waals surface area (Å²) in [6.45, 7) is 0.479. The first-order chi connectivity index (χ1) is 12.0. The molecule has 0 spiro atoms. The molecule has 1 fully saturated rings. The van der Waals surface area contributed by atoms with E-state index in [-0.39, 0.29) is 11.7 Å². The van der Waals surface area contributed by atoms with Crippen LogP contribution in [0.3, 0.4) is 0 Å². The van der Waals surface area contributed by atoms with E-state index < -0.39 is 10.0 Å². The van der Waals surface area contributed by atoms with Crippen molar-refractivity contribution in [1.82, 2.24) is 10.0 Å². The largest absolute Gasteiger partial charge is 0.352 e. The smallest absolute Gasteiger partial charge is 0.220 e. The molecule has 1 heterocycles. The first-order valence-electron chi connectivity index (χ1n) is 8.52. The van der Waals surface area contributed by atoms with Gasteiger partial charge >= 0.3 is 0 Å². The molecule has 140 valence electrons. The van der Waals surface area contributed by atoms with Crippen LogP contribution < -0.4 is 10.0 Å². The predicted molar refractivity (Wildman–Crippen MR) is 107 cm³/mol. The lowest BCUT2D eigenvalue weighted by atomic mass is 10.1. The molecular weight excluding hydrogens is 376 g/mol. The first-order valence-corrected chi connectivity index (χ1v) is 12.6. The van der Waals surface area contributed by atoms with Crippen LogP contribution in [0.2, 0.25) is 0 Å². The maximum atomic E-state index is 11.9. The van der Waals surface area contributed by atoms with Crippen LogP contribution >= 0.6 is 21.6 Å². The summed E-state index contributed by atoms with van der Waals surface area (Å²) < 4.78 is 25.3. The minimum absolute atomic E-state index is 0.0338. The van der Waals surface area contributed by atoms with Crippen LogP contribution in [0.5, 0.6) is 0 Å². The van der Waals surface area contributed by atoms with Crippen molar-refractivity contribution in [2.45, 2.75) is 49.7 Å². The fourth-order valence-corrected chi connectivity index (χ4v) is 6.36. The highest BCUT2D eigenvalue weighted by Crippen LogP contribution is 2.39. The monoisotopic (exact) mass is 402 g/mol. The SMILES string of the molecule is CNS(=O)(=O)Cc1ccc(CNC(=O)CCCCC2CCSS2)cc1. The van der Waals surface area contributed by atoms with Crippen LogP contribution in [-0.2, 0) is 27.1 Å². The van der Waals surface area contributed by atoms with E-state index in [1.807, 2.05) is 33.7 Å². The number of carbonyl (C=O) groups excluding carboxylic acids is 1. The van der Waals surface area contributed by atoms with E-state index in [4.69, 9.17) is 0 Å². The minimum Gasteiger partial charge on any atom is -0.352 e. The van der Waals surface area contributed by atoms with Crippen LogP contribution in [0.1, 0.15) is 43.2 Å². The highest BCUT2D eigenvalue weighted by molar-refractivity contribution is 8.77. The molecule has 1 aliphatic rings. The van der Waals surface area contributed by atoms with Crippen LogP contribution in [0.15, 0.2) is 24.3 Å². The molecule has 0 radical (unpaired) electrons. The molecule has 8 heteroatoms. The first kappa shape index (κ1) is 20.6. The molecule has 1 aliphatic heterocycles. The number of hydrogen-bond acceptors (Lipinski definition) is 5. The van der Waals surface area contributed by atoms with Gasteiger partial charge in [0.25, 0.3) is 0 Å². The zero-order valence-electron chi connectivity index (χ0n) is 14.5. The lowest BCUT2D eigenvalue weighted by molar-refractivity contribution is -0.121. The summed E-state index contributed by atoms with van der Waals surface area (Å²) in [6.07, 6.45) is 5.13. The van der Waals surface area contributed by atoms with E-state index in [1.165, 1.54) is 25.6 Å². The van der Waals surface area contributed by atoms with Gasteiger partial charge in [-0.05, 0) is 37.4 Å². The Kier molecular flexibility index (Phi) is 8.61. The number of hydrogen-bond donors (Lipinski definition) is 2. The van der Waals surface area contributed by atoms with Gasteiger partial charge in [-0.25, -0.2) is 13.1 Å². The molecule has 1 atom stereocenters. The van der Waals surface area contributed by atoms with E-state index in [1.54, 1.807) is 12.1 Å². The molecule has 1 aromatic rings. The zero-order valence-corrected chi connectivity index (χ0v) is 16.9. The fraction of sp³-hybridized carbons (Fsp3) is 0.588. The summed E-state index contributed by atoms with van der Waals surface area (Å²) in [6, 6.07) is 7.28. The van der Waals surface area contributed by atoms with Crippen molar-refractivity contribution in [1.29, 1.82) is 0 Å². The number of unbranched alkanes of at least 4 members (excludes halogenated alkanes) is 1. The number of carbonyl (C=O) groups is 1. The van der Waals surface area contributed by atoms with Crippen LogP contribution in [0, 0.1) is 0 Å². The molecule has 1 amide bonds. The van der Waals surface area contributed by atoms with Crippen molar-refractivity contribution in [2.75, 3.05) is 12.8 Å². The molecule has 25 heavy (non-hydrogen) atoms. The van der Waals surface area contributed by atoms with E-state index in [2.05, 4.69) is 10.0 Å². The van der Waals surface area contributed by atoms with Crippen molar-refractivity contribution in [2.24, 2.45) is 0 Å². The second-order valence-electron chi connectivity index (χ2n) is 6.13. The highest BCUT2D eigenvalue weighted by Gasteiger charge is 2.15. The van der Waals surface area contributed by atoms with Gasteiger partial charge < -0.3 is 5.32 Å². The van der Waals surface area contributed by atoms with Gasteiger partial charge in [0.05, 0.1) is 5.75 Å². The average molecular weight is 403 g/mol. The van der Waals surface area contributed by atoms with Gasteiger partial charge in [-0.3, -0.25) is 4.79 Å². The average Bonchev–Trinajstić information content (AvgIpc) is 3.11. The Morgan fingerprint density at radius 1 is 1.20 bits per heavy atom. The third-order valence-corrected chi connectivity index (χ3v) is 8.43. The van der Waals surface area contributed by atoms with Crippen molar-refractivity contribution in [3.05, 3.63) is 35.4 Å². The summed E-state index contributed by atoms with van der Waals surface area (Å²) >= 11 is 0. The maximum Gasteiger partial charge on any atom is 0.220 e. The second kappa shape index (κ2) is 10.4. The zero-order chi connectivity index (χ0) is 18.1. The Hall–Kier alpha value is -0.700. The fourth-order valence-electron chi connectivity index (χ4n) is 2.56. The Labute approximate surface area is 158 Å². The van der Waals surface area contributed by atoms with E-state index in [0.717, 1.165) is 29.2 Å². The van der Waals surface area contributed by atoms with Crippen LogP contribution in [-0.4, -0.2) is 32.4 Å². The van der Waals surface area contributed by atoms with E-state index in [0.29, 0.717) is 13.0 Å². The molecule has 2 N–H and O–H groups in total. The quantitative estimate of drug-likeness (QED) is 0.465. The van der Waals surface area contributed by atoms with Gasteiger partial charge in [-0.1, -0.05) is 52.3 Å². The Morgan fingerprint density at radius 3 is 2.56 bits per heavy atom. The van der Waals surface area contributed by atoms with Crippen LogP contribution in [0.4, 0.5) is 0 Å². The minimum atomic E-state index is -3.25.